The maximum absolute atomic E-state index is 11.6. The van der Waals surface area contributed by atoms with E-state index in [1.54, 1.807) is 16.8 Å². The molecule has 1 aromatic heterocycles. The molecule has 13 heavy (non-hydrogen) atoms. The van der Waals surface area contributed by atoms with Crippen LogP contribution in [0.2, 0.25) is 0 Å². The number of rotatable bonds is 2. The molecule has 4 heteroatoms. The third-order valence-electron chi connectivity index (χ3n) is 2.18. The predicted octanol–water partition coefficient (Wildman–Crippen LogP) is 0.282. The molecule has 0 atom stereocenters. The van der Waals surface area contributed by atoms with Crippen LogP contribution in [0.1, 0.15) is 29.2 Å². The van der Waals surface area contributed by atoms with E-state index < -0.39 is 5.91 Å². The molecule has 1 heterocycles. The molecule has 4 nitrogen and oxygen atoms in total. The summed E-state index contributed by atoms with van der Waals surface area (Å²) in [6.07, 6.45) is 3.73. The van der Waals surface area contributed by atoms with E-state index in [2.05, 4.69) is 0 Å². The number of carbonyl (C=O) groups is 1. The Kier molecular flexibility index (Phi) is 1.69. The van der Waals surface area contributed by atoms with E-state index in [4.69, 9.17) is 5.73 Å². The first-order chi connectivity index (χ1) is 6.20. The fourth-order valence-corrected chi connectivity index (χ4v) is 1.34. The lowest BCUT2D eigenvalue weighted by atomic mass is 10.2. The molecule has 0 unspecified atom stereocenters. The van der Waals surface area contributed by atoms with Crippen LogP contribution in [0.15, 0.2) is 23.1 Å². The van der Waals surface area contributed by atoms with Crippen LogP contribution in [0.25, 0.3) is 0 Å². The number of nitrogens with two attached hydrogens (primary N) is 1. The van der Waals surface area contributed by atoms with Crippen molar-refractivity contribution in [3.05, 3.63) is 34.2 Å². The number of hydrogen-bond donors (Lipinski definition) is 1. The van der Waals surface area contributed by atoms with Gasteiger partial charge in [-0.2, -0.15) is 0 Å². The molecule has 0 radical (unpaired) electrons. The highest BCUT2D eigenvalue weighted by Crippen LogP contribution is 2.33. The molecule has 1 aliphatic rings. The van der Waals surface area contributed by atoms with Gasteiger partial charge in [-0.05, 0) is 25.0 Å². The second-order valence-electron chi connectivity index (χ2n) is 3.23. The molecule has 0 spiro atoms. The second-order valence-corrected chi connectivity index (χ2v) is 3.23. The molecule has 0 saturated heterocycles. The number of nitrogens with zero attached hydrogens (tertiary/aromatic N) is 1. The molecule has 1 amide bonds. The summed E-state index contributed by atoms with van der Waals surface area (Å²) in [4.78, 5) is 22.4. The van der Waals surface area contributed by atoms with Crippen molar-refractivity contribution >= 4 is 5.91 Å². The summed E-state index contributed by atoms with van der Waals surface area (Å²) in [6, 6.07) is 3.43. The maximum atomic E-state index is 11.6. The fourth-order valence-electron chi connectivity index (χ4n) is 1.34. The zero-order chi connectivity index (χ0) is 9.42. The van der Waals surface area contributed by atoms with E-state index in [-0.39, 0.29) is 17.2 Å². The Morgan fingerprint density at radius 3 is 2.77 bits per heavy atom. The van der Waals surface area contributed by atoms with Gasteiger partial charge in [-0.25, -0.2) is 0 Å². The van der Waals surface area contributed by atoms with E-state index in [0.29, 0.717) is 0 Å². The van der Waals surface area contributed by atoms with Gasteiger partial charge in [0.25, 0.3) is 11.5 Å². The Morgan fingerprint density at radius 2 is 2.23 bits per heavy atom. The minimum Gasteiger partial charge on any atom is -0.365 e. The van der Waals surface area contributed by atoms with Gasteiger partial charge in [0.15, 0.2) is 0 Å². The van der Waals surface area contributed by atoms with Crippen molar-refractivity contribution in [3.63, 3.8) is 0 Å². The number of hydrogen-bond acceptors (Lipinski definition) is 2. The first kappa shape index (κ1) is 8.04. The molecule has 1 saturated carbocycles. The summed E-state index contributed by atoms with van der Waals surface area (Å²) >= 11 is 0. The Morgan fingerprint density at radius 1 is 1.54 bits per heavy atom. The second kappa shape index (κ2) is 2.73. The molecule has 1 aromatic rings. The van der Waals surface area contributed by atoms with Crippen molar-refractivity contribution in [2.45, 2.75) is 18.9 Å². The van der Waals surface area contributed by atoms with Gasteiger partial charge in [-0.15, -0.1) is 0 Å². The Hall–Kier alpha value is -1.58. The first-order valence-electron chi connectivity index (χ1n) is 4.21. The van der Waals surface area contributed by atoms with Crippen molar-refractivity contribution in [1.82, 2.24) is 4.57 Å². The topological polar surface area (TPSA) is 65.1 Å². The molecular formula is C9H10N2O2. The average molecular weight is 178 g/mol. The number of amides is 1. The van der Waals surface area contributed by atoms with Crippen molar-refractivity contribution < 1.29 is 4.79 Å². The van der Waals surface area contributed by atoms with Crippen LogP contribution in [-0.2, 0) is 0 Å². The summed E-state index contributed by atoms with van der Waals surface area (Å²) in [5.74, 6) is -0.653. The third-order valence-corrected chi connectivity index (χ3v) is 2.18. The fraction of sp³-hybridized carbons (Fsp3) is 0.333. The first-order valence-corrected chi connectivity index (χ1v) is 4.21. The smallest absolute Gasteiger partial charge is 0.263 e. The number of pyridine rings is 1. The number of primary amides is 1. The molecule has 1 aliphatic carbocycles. The van der Waals surface area contributed by atoms with Crippen LogP contribution >= 0.6 is 0 Å². The summed E-state index contributed by atoms with van der Waals surface area (Å²) in [5, 5.41) is 0. The lowest BCUT2D eigenvalue weighted by Crippen LogP contribution is -2.28. The van der Waals surface area contributed by atoms with Crippen molar-refractivity contribution in [2.24, 2.45) is 5.73 Å². The van der Waals surface area contributed by atoms with Crippen LogP contribution in [0.3, 0.4) is 0 Å². The predicted molar refractivity (Wildman–Crippen MR) is 47.5 cm³/mol. The van der Waals surface area contributed by atoms with Crippen LogP contribution < -0.4 is 11.3 Å². The largest absolute Gasteiger partial charge is 0.365 e. The van der Waals surface area contributed by atoms with Gasteiger partial charge in [0.05, 0.1) is 0 Å². The minimum absolute atomic E-state index is 0.0781. The van der Waals surface area contributed by atoms with Crippen molar-refractivity contribution in [2.75, 3.05) is 0 Å². The van der Waals surface area contributed by atoms with Crippen molar-refractivity contribution in [1.29, 1.82) is 0 Å². The zero-order valence-corrected chi connectivity index (χ0v) is 7.06. The third kappa shape index (κ3) is 1.35. The van der Waals surface area contributed by atoms with Crippen molar-refractivity contribution in [3.8, 4) is 0 Å². The van der Waals surface area contributed by atoms with E-state index >= 15 is 0 Å². The summed E-state index contributed by atoms with van der Waals surface area (Å²) in [5.41, 5.74) is 4.86. The van der Waals surface area contributed by atoms with Crippen LogP contribution in [-0.4, -0.2) is 10.5 Å². The Balaban J connectivity index is 2.54. The van der Waals surface area contributed by atoms with Gasteiger partial charge in [0.2, 0.25) is 0 Å². The normalized spacial score (nSPS) is 15.7. The summed E-state index contributed by atoms with van der Waals surface area (Å²) in [7, 11) is 0. The van der Waals surface area contributed by atoms with Gasteiger partial charge in [-0.3, -0.25) is 9.59 Å². The standard InChI is InChI=1S/C9H10N2O2/c10-8(12)7-2-1-5-11(9(7)13)6-3-4-6/h1-2,5-6H,3-4H2,(H2,10,12). The van der Waals surface area contributed by atoms with Gasteiger partial charge in [-0.1, -0.05) is 0 Å². The highest BCUT2D eigenvalue weighted by Gasteiger charge is 2.25. The SMILES string of the molecule is NC(=O)c1cccn(C2CC2)c1=O. The van der Waals surface area contributed by atoms with Gasteiger partial charge >= 0.3 is 0 Å². The van der Waals surface area contributed by atoms with Gasteiger partial charge in [0.1, 0.15) is 5.56 Å². The Labute approximate surface area is 75.0 Å². The lowest BCUT2D eigenvalue weighted by molar-refractivity contribution is 0.0998. The molecule has 0 aliphatic heterocycles. The summed E-state index contributed by atoms with van der Waals surface area (Å²) < 4.78 is 1.58. The number of aromatic nitrogens is 1. The quantitative estimate of drug-likeness (QED) is 0.707. The molecule has 2 rings (SSSR count). The Bertz CT molecular complexity index is 404. The van der Waals surface area contributed by atoms with Crippen LogP contribution in [0.4, 0.5) is 0 Å². The molecule has 1 fully saturated rings. The minimum atomic E-state index is -0.653. The average Bonchev–Trinajstić information content (AvgIpc) is 2.87. The highest BCUT2D eigenvalue weighted by atomic mass is 16.2. The highest BCUT2D eigenvalue weighted by molar-refractivity contribution is 5.92. The molecule has 0 bridgehead atoms. The van der Waals surface area contributed by atoms with Crippen LogP contribution in [0, 0.1) is 0 Å². The monoisotopic (exact) mass is 178 g/mol. The van der Waals surface area contributed by atoms with E-state index in [1.165, 1.54) is 6.07 Å². The van der Waals surface area contributed by atoms with Gasteiger partial charge in [0, 0.05) is 12.2 Å². The van der Waals surface area contributed by atoms with E-state index in [9.17, 15) is 9.59 Å². The summed E-state index contributed by atoms with van der Waals surface area (Å²) in [6.45, 7) is 0. The van der Waals surface area contributed by atoms with E-state index in [0.717, 1.165) is 12.8 Å². The molecule has 0 aromatic carbocycles. The van der Waals surface area contributed by atoms with Crippen LogP contribution in [0.5, 0.6) is 0 Å². The lowest BCUT2D eigenvalue weighted by Gasteiger charge is -2.03. The zero-order valence-electron chi connectivity index (χ0n) is 7.06. The number of carbonyl (C=O) groups excluding carboxylic acids is 1. The van der Waals surface area contributed by atoms with Gasteiger partial charge < -0.3 is 10.3 Å². The molecule has 68 valence electrons. The van der Waals surface area contributed by atoms with E-state index in [1.807, 2.05) is 0 Å². The maximum Gasteiger partial charge on any atom is 0.263 e. The molecular weight excluding hydrogens is 168 g/mol. The molecule has 2 N–H and O–H groups in total.